The Balaban J connectivity index is 1.99. The molecular weight excluding hydrogens is 280 g/mol. The molecular formula is C11H12N6O2S. The van der Waals surface area contributed by atoms with E-state index in [4.69, 9.17) is 0 Å². The minimum absolute atomic E-state index is 0.112. The third kappa shape index (κ3) is 2.11. The molecule has 0 radical (unpaired) electrons. The van der Waals surface area contributed by atoms with Crippen LogP contribution in [-0.2, 0) is 16.6 Å². The van der Waals surface area contributed by atoms with Crippen LogP contribution in [0, 0.1) is 0 Å². The lowest BCUT2D eigenvalue weighted by molar-refractivity contribution is 0.600. The van der Waals surface area contributed by atoms with E-state index in [0.717, 1.165) is 0 Å². The lowest BCUT2D eigenvalue weighted by Crippen LogP contribution is -2.13. The van der Waals surface area contributed by atoms with E-state index >= 15 is 0 Å². The molecule has 0 bridgehead atoms. The summed E-state index contributed by atoms with van der Waals surface area (Å²) < 4.78 is 30.2. The van der Waals surface area contributed by atoms with Crippen LogP contribution in [0.1, 0.15) is 6.92 Å². The van der Waals surface area contributed by atoms with Crippen LogP contribution < -0.4 is 4.72 Å². The Hall–Kier alpha value is -2.42. The van der Waals surface area contributed by atoms with Gasteiger partial charge in [-0.25, -0.2) is 8.42 Å². The Morgan fingerprint density at radius 3 is 3.00 bits per heavy atom. The molecule has 9 heteroatoms. The van der Waals surface area contributed by atoms with Gasteiger partial charge < -0.3 is 0 Å². The fourth-order valence-electron chi connectivity index (χ4n) is 1.79. The zero-order valence-corrected chi connectivity index (χ0v) is 11.4. The number of sulfonamides is 1. The van der Waals surface area contributed by atoms with Crippen molar-refractivity contribution in [1.82, 2.24) is 24.4 Å². The normalized spacial score (nSPS) is 11.8. The molecule has 0 atom stereocenters. The van der Waals surface area contributed by atoms with Gasteiger partial charge in [-0.15, -0.1) is 10.2 Å². The second-order valence-electron chi connectivity index (χ2n) is 4.12. The number of nitrogens with one attached hydrogen (secondary N) is 1. The molecule has 3 aromatic rings. The second-order valence-corrected chi connectivity index (χ2v) is 5.80. The van der Waals surface area contributed by atoms with Crippen LogP contribution in [-0.4, -0.2) is 32.8 Å². The Labute approximate surface area is 115 Å². The maximum absolute atomic E-state index is 12.3. The summed E-state index contributed by atoms with van der Waals surface area (Å²) in [5, 5.41) is 11.6. The van der Waals surface area contributed by atoms with Gasteiger partial charge in [0.1, 0.15) is 11.2 Å². The number of aromatic nitrogens is 5. The molecule has 3 rings (SSSR count). The number of fused-ring (bicyclic) bond motifs is 1. The Bertz CT molecular complexity index is 851. The maximum atomic E-state index is 12.3. The van der Waals surface area contributed by atoms with Crippen molar-refractivity contribution < 1.29 is 8.42 Å². The average Bonchev–Trinajstić information content (AvgIpc) is 3.08. The lowest BCUT2D eigenvalue weighted by Gasteiger charge is -2.06. The lowest BCUT2D eigenvalue weighted by atomic mass is 10.4. The van der Waals surface area contributed by atoms with Gasteiger partial charge in [-0.2, -0.15) is 5.10 Å². The summed E-state index contributed by atoms with van der Waals surface area (Å²) in [6.07, 6.45) is 6.03. The van der Waals surface area contributed by atoms with Crippen molar-refractivity contribution in [3.05, 3.63) is 37.1 Å². The largest absolute Gasteiger partial charge is 0.287 e. The Morgan fingerprint density at radius 1 is 1.40 bits per heavy atom. The zero-order valence-electron chi connectivity index (χ0n) is 10.6. The van der Waals surface area contributed by atoms with Gasteiger partial charge in [0.05, 0.1) is 11.9 Å². The molecule has 0 aliphatic carbocycles. The van der Waals surface area contributed by atoms with Crippen LogP contribution in [0.5, 0.6) is 0 Å². The number of anilines is 1. The van der Waals surface area contributed by atoms with E-state index in [0.29, 0.717) is 17.9 Å². The molecule has 20 heavy (non-hydrogen) atoms. The van der Waals surface area contributed by atoms with Gasteiger partial charge in [0, 0.05) is 18.9 Å². The monoisotopic (exact) mass is 292 g/mol. The fraction of sp³-hybridized carbons (Fsp3) is 0.182. The van der Waals surface area contributed by atoms with Crippen molar-refractivity contribution in [1.29, 1.82) is 0 Å². The van der Waals surface area contributed by atoms with Crippen molar-refractivity contribution in [2.24, 2.45) is 0 Å². The molecule has 104 valence electrons. The Kier molecular flexibility index (Phi) is 2.90. The predicted molar refractivity (Wildman–Crippen MR) is 71.7 cm³/mol. The fourth-order valence-corrected chi connectivity index (χ4v) is 2.80. The summed E-state index contributed by atoms with van der Waals surface area (Å²) in [6.45, 7) is 2.49. The maximum Gasteiger partial charge on any atom is 0.265 e. The highest BCUT2D eigenvalue weighted by Crippen LogP contribution is 2.18. The van der Waals surface area contributed by atoms with Crippen molar-refractivity contribution in [2.45, 2.75) is 18.4 Å². The van der Waals surface area contributed by atoms with E-state index in [2.05, 4.69) is 20.0 Å². The van der Waals surface area contributed by atoms with Gasteiger partial charge in [0.2, 0.25) is 0 Å². The van der Waals surface area contributed by atoms with Crippen molar-refractivity contribution in [2.75, 3.05) is 4.72 Å². The number of nitrogens with zero attached hydrogens (tertiary/aromatic N) is 5. The molecule has 0 saturated carbocycles. The van der Waals surface area contributed by atoms with Crippen LogP contribution >= 0.6 is 0 Å². The smallest absolute Gasteiger partial charge is 0.265 e. The molecule has 1 N–H and O–H groups in total. The summed E-state index contributed by atoms with van der Waals surface area (Å²) in [5.74, 6) is 0. The van der Waals surface area contributed by atoms with Crippen molar-refractivity contribution in [3.63, 3.8) is 0 Å². The minimum Gasteiger partial charge on any atom is -0.287 e. The third-order valence-corrected chi connectivity index (χ3v) is 4.13. The first-order valence-corrected chi connectivity index (χ1v) is 7.42. The first-order valence-electron chi connectivity index (χ1n) is 5.94. The summed E-state index contributed by atoms with van der Waals surface area (Å²) in [4.78, 5) is 0.112. The second kappa shape index (κ2) is 4.60. The number of pyridine rings is 1. The molecule has 0 aromatic carbocycles. The van der Waals surface area contributed by atoms with E-state index in [1.807, 2.05) is 6.92 Å². The van der Waals surface area contributed by atoms with Gasteiger partial charge in [-0.3, -0.25) is 13.8 Å². The van der Waals surface area contributed by atoms with E-state index in [1.165, 1.54) is 18.7 Å². The van der Waals surface area contributed by atoms with Crippen molar-refractivity contribution >= 4 is 21.4 Å². The highest BCUT2D eigenvalue weighted by Gasteiger charge is 2.18. The molecule has 0 aliphatic heterocycles. The van der Waals surface area contributed by atoms with Crippen LogP contribution in [0.15, 0.2) is 41.9 Å². The Morgan fingerprint density at radius 2 is 2.25 bits per heavy atom. The van der Waals surface area contributed by atoms with Gasteiger partial charge in [0.25, 0.3) is 10.0 Å². The number of rotatable bonds is 4. The molecule has 0 aliphatic rings. The predicted octanol–water partition coefficient (Wildman–Crippen LogP) is 0.746. The third-order valence-electron chi connectivity index (χ3n) is 2.81. The number of aryl methyl sites for hydroxylation is 1. The molecule has 0 unspecified atom stereocenters. The quantitative estimate of drug-likeness (QED) is 0.765. The van der Waals surface area contributed by atoms with Gasteiger partial charge in [0.15, 0.2) is 5.65 Å². The average molecular weight is 292 g/mol. The summed E-state index contributed by atoms with van der Waals surface area (Å²) in [6, 6.07) is 3.34. The SMILES string of the molecule is CCn1cc(S(=O)(=O)Nc2cccn3cnnc23)cn1. The molecule has 0 saturated heterocycles. The van der Waals surface area contributed by atoms with Crippen LogP contribution in [0.25, 0.3) is 5.65 Å². The molecule has 3 aromatic heterocycles. The van der Waals surface area contributed by atoms with E-state index in [9.17, 15) is 8.42 Å². The standard InChI is InChI=1S/C11H12N6O2S/c1-2-17-7-9(6-13-17)20(18,19)15-10-4-3-5-16-8-12-14-11(10)16/h3-8,15H,2H2,1H3. The topological polar surface area (TPSA) is 94.2 Å². The number of hydrogen-bond donors (Lipinski definition) is 1. The highest BCUT2D eigenvalue weighted by molar-refractivity contribution is 7.92. The highest BCUT2D eigenvalue weighted by atomic mass is 32.2. The van der Waals surface area contributed by atoms with E-state index in [1.54, 1.807) is 27.4 Å². The first kappa shape index (κ1) is 12.6. The zero-order chi connectivity index (χ0) is 14.2. The van der Waals surface area contributed by atoms with Crippen LogP contribution in [0.2, 0.25) is 0 Å². The molecule has 0 amide bonds. The number of hydrogen-bond acceptors (Lipinski definition) is 5. The summed E-state index contributed by atoms with van der Waals surface area (Å²) in [5.41, 5.74) is 0.813. The minimum atomic E-state index is -3.69. The van der Waals surface area contributed by atoms with E-state index < -0.39 is 10.0 Å². The van der Waals surface area contributed by atoms with Crippen LogP contribution in [0.4, 0.5) is 5.69 Å². The first-order chi connectivity index (χ1) is 9.60. The molecule has 0 spiro atoms. The molecule has 0 fully saturated rings. The van der Waals surface area contributed by atoms with Gasteiger partial charge >= 0.3 is 0 Å². The van der Waals surface area contributed by atoms with Crippen molar-refractivity contribution in [3.8, 4) is 0 Å². The summed E-state index contributed by atoms with van der Waals surface area (Å²) >= 11 is 0. The van der Waals surface area contributed by atoms with Gasteiger partial charge in [-0.05, 0) is 19.1 Å². The molecule has 8 nitrogen and oxygen atoms in total. The van der Waals surface area contributed by atoms with Crippen LogP contribution in [0.3, 0.4) is 0 Å². The van der Waals surface area contributed by atoms with E-state index in [-0.39, 0.29) is 4.90 Å². The van der Waals surface area contributed by atoms with Gasteiger partial charge in [-0.1, -0.05) is 0 Å². The summed E-state index contributed by atoms with van der Waals surface area (Å²) in [7, 11) is -3.69. The molecule has 3 heterocycles.